The lowest BCUT2D eigenvalue weighted by Gasteiger charge is -2.51. The van der Waals surface area contributed by atoms with Crippen molar-refractivity contribution in [3.8, 4) is 33.4 Å². The van der Waals surface area contributed by atoms with Gasteiger partial charge in [-0.05, 0) is 97.3 Å². The molecule has 0 atom stereocenters. The van der Waals surface area contributed by atoms with E-state index >= 15 is 0 Å². The van der Waals surface area contributed by atoms with Crippen LogP contribution in [0.25, 0.3) is 44.2 Å². The SMILES string of the molecule is CC(C)(C)c1ccc(N(c2cc(-c3ccccc3)cc(-c3ccccc3)c2)c2cc3c(c4ccccc24)-c2ccccc2C3([Si](C)(C)C)[Si](C)(C)C)cc1. The van der Waals surface area contributed by atoms with Crippen molar-refractivity contribution >= 4 is 44.0 Å². The van der Waals surface area contributed by atoms with Gasteiger partial charge in [0.1, 0.15) is 0 Å². The van der Waals surface area contributed by atoms with Gasteiger partial charge in [0.15, 0.2) is 0 Å². The van der Waals surface area contributed by atoms with E-state index < -0.39 is 16.1 Å². The molecule has 1 nitrogen and oxygen atoms in total. The van der Waals surface area contributed by atoms with E-state index in [4.69, 9.17) is 0 Å². The smallest absolute Gasteiger partial charge is 0.0579 e. The van der Waals surface area contributed by atoms with Crippen LogP contribution in [0.2, 0.25) is 39.3 Å². The standard InChI is InChI=1S/C51H53NSi2/c1-50(2,3)40-28-30-41(31-29-40)52(42-33-38(36-20-12-10-13-21-36)32-39(34-42)37-22-14-11-15-23-37)48-35-47-49(44-25-17-16-24-43(44)48)45-26-18-19-27-46(45)51(47,53(4,5)6)54(7,8)9/h10-35H,1-9H3. The highest BCUT2D eigenvalue weighted by atomic mass is 28.4. The van der Waals surface area contributed by atoms with Gasteiger partial charge in [0, 0.05) is 21.4 Å². The molecule has 0 amide bonds. The molecule has 0 saturated carbocycles. The minimum atomic E-state index is -1.91. The summed E-state index contributed by atoms with van der Waals surface area (Å²) in [6, 6.07) is 59.5. The summed E-state index contributed by atoms with van der Waals surface area (Å²) in [6.45, 7) is 22.6. The largest absolute Gasteiger partial charge is 0.310 e. The van der Waals surface area contributed by atoms with Crippen LogP contribution in [0.15, 0.2) is 158 Å². The summed E-state index contributed by atoms with van der Waals surface area (Å²) in [4.78, 5) is 2.57. The summed E-state index contributed by atoms with van der Waals surface area (Å²) < 4.78 is 0.0214. The zero-order valence-corrected chi connectivity index (χ0v) is 35.5. The number of rotatable bonds is 7. The highest BCUT2D eigenvalue weighted by molar-refractivity contribution is 6.99. The van der Waals surface area contributed by atoms with E-state index in [-0.39, 0.29) is 10.1 Å². The van der Waals surface area contributed by atoms with Gasteiger partial charge in [-0.3, -0.25) is 0 Å². The van der Waals surface area contributed by atoms with Gasteiger partial charge in [0.05, 0.1) is 21.8 Å². The van der Waals surface area contributed by atoms with E-state index in [1.165, 1.54) is 66.7 Å². The zero-order valence-electron chi connectivity index (χ0n) is 33.5. The maximum absolute atomic E-state index is 2.64. The molecule has 0 aliphatic heterocycles. The predicted molar refractivity (Wildman–Crippen MR) is 241 cm³/mol. The molecule has 0 saturated heterocycles. The Balaban J connectivity index is 1.51. The van der Waals surface area contributed by atoms with E-state index in [1.54, 1.807) is 5.56 Å². The fraction of sp³-hybridized carbons (Fsp3) is 0.216. The van der Waals surface area contributed by atoms with E-state index in [2.05, 4.69) is 223 Å². The lowest BCUT2D eigenvalue weighted by Crippen LogP contribution is -2.63. The Labute approximate surface area is 325 Å². The average molecular weight is 736 g/mol. The van der Waals surface area contributed by atoms with Gasteiger partial charge in [-0.2, -0.15) is 0 Å². The maximum Gasteiger partial charge on any atom is 0.0579 e. The van der Waals surface area contributed by atoms with Crippen molar-refractivity contribution in [2.45, 2.75) is 70.1 Å². The molecule has 0 bridgehead atoms. The number of nitrogens with zero attached hydrogens (tertiary/aromatic N) is 1. The highest BCUT2D eigenvalue weighted by Crippen LogP contribution is 2.61. The predicted octanol–water partition coefficient (Wildman–Crippen LogP) is 15.0. The molecular weight excluding hydrogens is 683 g/mol. The Hall–Kier alpha value is -4.97. The number of anilines is 3. The summed E-state index contributed by atoms with van der Waals surface area (Å²) in [5.41, 5.74) is 15.8. The minimum absolute atomic E-state index is 0.0214. The normalized spacial score (nSPS) is 13.8. The van der Waals surface area contributed by atoms with Crippen LogP contribution in [-0.2, 0) is 10.1 Å². The molecule has 0 heterocycles. The zero-order chi connectivity index (χ0) is 38.0. The Bertz CT molecular complexity index is 2410. The van der Waals surface area contributed by atoms with Crippen LogP contribution in [0.5, 0.6) is 0 Å². The fourth-order valence-electron chi connectivity index (χ4n) is 9.91. The molecule has 7 aromatic rings. The third kappa shape index (κ3) is 5.80. The third-order valence-corrected chi connectivity index (χ3v) is 22.0. The van der Waals surface area contributed by atoms with Gasteiger partial charge in [-0.25, -0.2) is 0 Å². The van der Waals surface area contributed by atoms with E-state index in [0.717, 1.165) is 5.69 Å². The Morgan fingerprint density at radius 1 is 0.444 bits per heavy atom. The van der Waals surface area contributed by atoms with Crippen molar-refractivity contribution < 1.29 is 0 Å². The summed E-state index contributed by atoms with van der Waals surface area (Å²) in [6.07, 6.45) is 0. The third-order valence-electron chi connectivity index (χ3n) is 11.9. The Morgan fingerprint density at radius 2 is 0.944 bits per heavy atom. The summed E-state index contributed by atoms with van der Waals surface area (Å²) in [5, 5.41) is 2.62. The van der Waals surface area contributed by atoms with Crippen LogP contribution in [0.1, 0.15) is 37.5 Å². The van der Waals surface area contributed by atoms with Crippen LogP contribution in [0.4, 0.5) is 17.1 Å². The molecule has 270 valence electrons. The molecule has 8 rings (SSSR count). The number of fused-ring (bicyclic) bond motifs is 5. The fourth-order valence-corrected chi connectivity index (χ4v) is 23.0. The van der Waals surface area contributed by atoms with Crippen molar-refractivity contribution in [2.24, 2.45) is 0 Å². The van der Waals surface area contributed by atoms with Gasteiger partial charge < -0.3 is 4.90 Å². The average Bonchev–Trinajstić information content (AvgIpc) is 3.48. The molecule has 3 heteroatoms. The monoisotopic (exact) mass is 735 g/mol. The Morgan fingerprint density at radius 3 is 1.48 bits per heavy atom. The van der Waals surface area contributed by atoms with Gasteiger partial charge >= 0.3 is 0 Å². The van der Waals surface area contributed by atoms with Gasteiger partial charge in [-0.1, -0.05) is 181 Å². The quantitative estimate of drug-likeness (QED) is 0.147. The van der Waals surface area contributed by atoms with Crippen LogP contribution < -0.4 is 4.90 Å². The number of hydrogen-bond donors (Lipinski definition) is 0. The molecule has 0 aromatic heterocycles. The van der Waals surface area contributed by atoms with Crippen LogP contribution in [0, 0.1) is 0 Å². The summed E-state index contributed by atoms with van der Waals surface area (Å²) in [7, 11) is -3.81. The van der Waals surface area contributed by atoms with Crippen molar-refractivity contribution in [1.29, 1.82) is 0 Å². The van der Waals surface area contributed by atoms with E-state index in [0.29, 0.717) is 0 Å². The summed E-state index contributed by atoms with van der Waals surface area (Å²) >= 11 is 0. The molecule has 0 unspecified atom stereocenters. The molecule has 0 spiro atoms. The topological polar surface area (TPSA) is 3.24 Å². The second kappa shape index (κ2) is 13.1. The van der Waals surface area contributed by atoms with Crippen LogP contribution in [0.3, 0.4) is 0 Å². The number of hydrogen-bond acceptors (Lipinski definition) is 1. The summed E-state index contributed by atoms with van der Waals surface area (Å²) in [5.74, 6) is 0. The lowest BCUT2D eigenvalue weighted by atomic mass is 9.87. The second-order valence-electron chi connectivity index (χ2n) is 18.3. The molecule has 7 aromatic carbocycles. The first-order chi connectivity index (χ1) is 25.7. The maximum atomic E-state index is 2.64. The molecule has 1 aliphatic carbocycles. The first-order valence-corrected chi connectivity index (χ1v) is 26.5. The first-order valence-electron chi connectivity index (χ1n) is 19.5. The van der Waals surface area contributed by atoms with E-state index in [1.807, 2.05) is 0 Å². The molecule has 0 fully saturated rings. The van der Waals surface area contributed by atoms with Crippen molar-refractivity contribution in [2.75, 3.05) is 4.90 Å². The van der Waals surface area contributed by atoms with Gasteiger partial charge in [0.2, 0.25) is 0 Å². The highest BCUT2D eigenvalue weighted by Gasteiger charge is 2.59. The first kappa shape index (κ1) is 36.0. The van der Waals surface area contributed by atoms with Crippen molar-refractivity contribution in [3.05, 3.63) is 174 Å². The molecule has 54 heavy (non-hydrogen) atoms. The van der Waals surface area contributed by atoms with Crippen molar-refractivity contribution in [1.82, 2.24) is 0 Å². The van der Waals surface area contributed by atoms with Crippen LogP contribution in [-0.4, -0.2) is 16.1 Å². The van der Waals surface area contributed by atoms with E-state index in [9.17, 15) is 0 Å². The lowest BCUT2D eigenvalue weighted by molar-refractivity contribution is 0.590. The molecule has 0 radical (unpaired) electrons. The molecule has 0 N–H and O–H groups in total. The van der Waals surface area contributed by atoms with Crippen LogP contribution >= 0.6 is 0 Å². The number of benzene rings is 7. The Kier molecular flexibility index (Phi) is 8.75. The van der Waals surface area contributed by atoms with Gasteiger partial charge in [0.25, 0.3) is 0 Å². The second-order valence-corrected chi connectivity index (χ2v) is 29.3. The molecule has 1 aliphatic rings. The van der Waals surface area contributed by atoms with Crippen molar-refractivity contribution in [3.63, 3.8) is 0 Å². The molecular formula is C51H53NSi2. The van der Waals surface area contributed by atoms with Gasteiger partial charge in [-0.15, -0.1) is 0 Å². The minimum Gasteiger partial charge on any atom is -0.310 e.